The minimum absolute atomic E-state index is 0.195. The summed E-state index contributed by atoms with van der Waals surface area (Å²) in [6.07, 6.45) is -6.26. The van der Waals surface area contributed by atoms with Crippen LogP contribution in [0.3, 0.4) is 0 Å². The number of esters is 1. The summed E-state index contributed by atoms with van der Waals surface area (Å²) < 4.78 is 49.3. The Labute approximate surface area is 135 Å². The molecule has 0 saturated carbocycles. The van der Waals surface area contributed by atoms with Gasteiger partial charge in [0.15, 0.2) is 5.60 Å². The van der Waals surface area contributed by atoms with E-state index < -0.39 is 35.6 Å². The Kier molecular flexibility index (Phi) is 7.30. The van der Waals surface area contributed by atoms with E-state index in [1.54, 1.807) is 20.8 Å². The number of hydrogen-bond acceptors (Lipinski definition) is 4. The normalized spacial score (nSPS) is 20.1. The molecular formula is C16H27F3O4. The molecule has 23 heavy (non-hydrogen) atoms. The Balaban J connectivity index is 4.97. The second kappa shape index (κ2) is 7.66. The van der Waals surface area contributed by atoms with E-state index in [1.165, 1.54) is 13.8 Å². The molecule has 1 N–H and O–H groups in total. The number of carbonyl (C=O) groups excluding carboxylic acids is 1. The van der Waals surface area contributed by atoms with Crippen molar-refractivity contribution in [2.24, 2.45) is 0 Å². The highest BCUT2D eigenvalue weighted by molar-refractivity contribution is 5.87. The molecule has 4 atom stereocenters. The van der Waals surface area contributed by atoms with Gasteiger partial charge in [0.1, 0.15) is 6.10 Å². The van der Waals surface area contributed by atoms with Crippen LogP contribution in [0.2, 0.25) is 0 Å². The van der Waals surface area contributed by atoms with Crippen molar-refractivity contribution in [3.8, 4) is 0 Å². The lowest BCUT2D eigenvalue weighted by Gasteiger charge is -2.39. The van der Waals surface area contributed by atoms with Gasteiger partial charge < -0.3 is 14.6 Å². The first kappa shape index (κ1) is 21.9. The zero-order valence-electron chi connectivity index (χ0n) is 14.6. The molecule has 0 aromatic carbocycles. The van der Waals surface area contributed by atoms with Crippen molar-refractivity contribution in [2.45, 2.75) is 84.0 Å². The molecule has 0 spiro atoms. The first-order chi connectivity index (χ1) is 10.2. The summed E-state index contributed by atoms with van der Waals surface area (Å²) >= 11 is 0. The number of carbonyl (C=O) groups is 1. The molecule has 0 aliphatic heterocycles. The molecular weight excluding hydrogens is 313 g/mol. The number of aliphatic hydroxyl groups is 1. The van der Waals surface area contributed by atoms with Gasteiger partial charge in [0.05, 0.1) is 11.7 Å². The molecule has 0 aromatic rings. The maximum Gasteiger partial charge on any atom is 0.419 e. The van der Waals surface area contributed by atoms with Crippen LogP contribution in [0.5, 0.6) is 0 Å². The van der Waals surface area contributed by atoms with Crippen molar-refractivity contribution >= 4 is 5.97 Å². The fraction of sp³-hybridized carbons (Fsp3) is 0.812. The van der Waals surface area contributed by atoms with Crippen LogP contribution in [0.1, 0.15) is 54.4 Å². The fourth-order valence-electron chi connectivity index (χ4n) is 1.98. The first-order valence-electron chi connectivity index (χ1n) is 7.49. The Morgan fingerprint density at radius 2 is 1.74 bits per heavy atom. The molecule has 0 aliphatic carbocycles. The summed E-state index contributed by atoms with van der Waals surface area (Å²) in [6, 6.07) is 0. The van der Waals surface area contributed by atoms with Crippen molar-refractivity contribution in [3.05, 3.63) is 12.2 Å². The number of hydrogen-bond donors (Lipinski definition) is 1. The lowest BCUT2D eigenvalue weighted by atomic mass is 9.93. The highest BCUT2D eigenvalue weighted by Crippen LogP contribution is 2.37. The predicted octanol–water partition coefficient (Wildman–Crippen LogP) is 3.77. The van der Waals surface area contributed by atoms with Crippen molar-refractivity contribution in [1.29, 1.82) is 0 Å². The van der Waals surface area contributed by atoms with Gasteiger partial charge in [-0.05, 0) is 41.0 Å². The molecule has 0 amide bonds. The molecule has 0 bridgehead atoms. The predicted molar refractivity (Wildman–Crippen MR) is 80.9 cm³/mol. The van der Waals surface area contributed by atoms with Gasteiger partial charge in [-0.3, -0.25) is 0 Å². The molecule has 0 heterocycles. The lowest BCUT2D eigenvalue weighted by Crippen LogP contribution is -2.54. The van der Waals surface area contributed by atoms with Crippen LogP contribution < -0.4 is 0 Å². The van der Waals surface area contributed by atoms with E-state index in [-0.39, 0.29) is 12.0 Å². The van der Waals surface area contributed by atoms with Crippen LogP contribution in [-0.4, -0.2) is 40.7 Å². The minimum Gasteiger partial charge on any atom is -0.459 e. The number of halogens is 3. The molecule has 136 valence electrons. The van der Waals surface area contributed by atoms with Crippen molar-refractivity contribution in [2.75, 3.05) is 0 Å². The zero-order chi connectivity index (χ0) is 18.6. The first-order valence-corrected chi connectivity index (χ1v) is 7.49. The van der Waals surface area contributed by atoms with Crippen LogP contribution in [-0.2, 0) is 14.3 Å². The molecule has 0 saturated heterocycles. The van der Waals surface area contributed by atoms with Gasteiger partial charge in [-0.25, -0.2) is 4.79 Å². The zero-order valence-corrected chi connectivity index (χ0v) is 14.6. The van der Waals surface area contributed by atoms with Crippen LogP contribution in [0.4, 0.5) is 13.2 Å². The van der Waals surface area contributed by atoms with Crippen molar-refractivity contribution < 1.29 is 32.5 Å². The Hall–Kier alpha value is -1.08. The SMILES string of the molecule is C=C(C)C(=O)OC(C)CC(C)(CC)OC(C)C(C)(O)C(F)(F)F. The minimum atomic E-state index is -4.81. The molecule has 0 aliphatic rings. The highest BCUT2D eigenvalue weighted by Gasteiger charge is 2.55. The Bertz CT molecular complexity index is 432. The van der Waals surface area contributed by atoms with Gasteiger partial charge >= 0.3 is 12.1 Å². The Morgan fingerprint density at radius 3 is 2.09 bits per heavy atom. The largest absolute Gasteiger partial charge is 0.459 e. The van der Waals surface area contributed by atoms with Crippen molar-refractivity contribution in [3.63, 3.8) is 0 Å². The van der Waals surface area contributed by atoms with Gasteiger partial charge in [0.2, 0.25) is 0 Å². The average Bonchev–Trinajstić information content (AvgIpc) is 2.36. The topological polar surface area (TPSA) is 55.8 Å². The summed E-state index contributed by atoms with van der Waals surface area (Å²) in [6.45, 7) is 11.8. The van der Waals surface area contributed by atoms with E-state index in [0.29, 0.717) is 13.3 Å². The fourth-order valence-corrected chi connectivity index (χ4v) is 1.98. The van der Waals surface area contributed by atoms with Crippen LogP contribution in [0.15, 0.2) is 12.2 Å². The van der Waals surface area contributed by atoms with Gasteiger partial charge in [-0.15, -0.1) is 0 Å². The maximum atomic E-state index is 12.9. The van der Waals surface area contributed by atoms with Crippen LogP contribution in [0.25, 0.3) is 0 Å². The summed E-state index contributed by atoms with van der Waals surface area (Å²) in [5, 5.41) is 9.68. The third-order valence-corrected chi connectivity index (χ3v) is 3.95. The van der Waals surface area contributed by atoms with E-state index in [0.717, 1.165) is 0 Å². The number of ether oxygens (including phenoxy) is 2. The molecule has 0 radical (unpaired) electrons. The van der Waals surface area contributed by atoms with Crippen molar-refractivity contribution in [1.82, 2.24) is 0 Å². The third kappa shape index (κ3) is 6.14. The summed E-state index contributed by atoms with van der Waals surface area (Å²) in [5.41, 5.74) is -3.71. The standard InChI is InChI=1S/C16H27F3O4/c1-8-14(6,9-11(4)22-13(20)10(2)3)23-12(5)15(7,21)16(17,18)19/h11-12,21H,2,8-9H2,1,3-7H3. The molecule has 0 fully saturated rings. The molecule has 4 unspecified atom stereocenters. The third-order valence-electron chi connectivity index (χ3n) is 3.95. The average molecular weight is 340 g/mol. The second-order valence-corrected chi connectivity index (χ2v) is 6.41. The van der Waals surface area contributed by atoms with Gasteiger partial charge in [-0.2, -0.15) is 13.2 Å². The monoisotopic (exact) mass is 340 g/mol. The summed E-state index contributed by atoms with van der Waals surface area (Å²) in [4.78, 5) is 11.5. The molecule has 4 nitrogen and oxygen atoms in total. The smallest absolute Gasteiger partial charge is 0.419 e. The van der Waals surface area contributed by atoms with E-state index in [9.17, 15) is 23.1 Å². The quantitative estimate of drug-likeness (QED) is 0.540. The van der Waals surface area contributed by atoms with E-state index in [2.05, 4.69) is 6.58 Å². The van der Waals surface area contributed by atoms with Gasteiger partial charge in [0, 0.05) is 12.0 Å². The molecule has 0 aromatic heterocycles. The Morgan fingerprint density at radius 1 is 1.26 bits per heavy atom. The van der Waals surface area contributed by atoms with Crippen LogP contribution >= 0.6 is 0 Å². The molecule has 0 rings (SSSR count). The van der Waals surface area contributed by atoms with Gasteiger partial charge in [0.25, 0.3) is 0 Å². The van der Waals surface area contributed by atoms with E-state index in [4.69, 9.17) is 9.47 Å². The van der Waals surface area contributed by atoms with Gasteiger partial charge in [-0.1, -0.05) is 13.5 Å². The highest BCUT2D eigenvalue weighted by atomic mass is 19.4. The lowest BCUT2D eigenvalue weighted by molar-refractivity contribution is -0.299. The maximum absolute atomic E-state index is 12.9. The second-order valence-electron chi connectivity index (χ2n) is 6.41. The van der Waals surface area contributed by atoms with Crippen LogP contribution in [0, 0.1) is 0 Å². The van der Waals surface area contributed by atoms with E-state index >= 15 is 0 Å². The summed E-state index contributed by atoms with van der Waals surface area (Å²) in [5.74, 6) is -0.564. The number of rotatable bonds is 8. The summed E-state index contributed by atoms with van der Waals surface area (Å²) in [7, 11) is 0. The number of alkyl halides is 3. The molecule has 7 heteroatoms. The van der Waals surface area contributed by atoms with E-state index in [1.807, 2.05) is 0 Å².